The van der Waals surface area contributed by atoms with Gasteiger partial charge in [0.25, 0.3) is 0 Å². The number of hydrogen-bond donors (Lipinski definition) is 0. The van der Waals surface area contributed by atoms with E-state index in [4.69, 9.17) is 0 Å². The Morgan fingerprint density at radius 3 is 3.16 bits per heavy atom. The zero-order chi connectivity index (χ0) is 13.2. The van der Waals surface area contributed by atoms with Crippen molar-refractivity contribution in [2.45, 2.75) is 19.4 Å². The van der Waals surface area contributed by atoms with Gasteiger partial charge in [0.1, 0.15) is 6.33 Å². The van der Waals surface area contributed by atoms with Crippen molar-refractivity contribution in [2.24, 2.45) is 0 Å². The predicted molar refractivity (Wildman–Crippen MR) is 76.7 cm³/mol. The maximum Gasteiger partial charge on any atom is 0.203 e. The van der Waals surface area contributed by atoms with E-state index in [0.29, 0.717) is 6.04 Å². The standard InChI is InChI=1S/C13H15N5S/c1-10(7-11-3-6-19-8-11)17(2)12-13-16-15-9-18(13)5-4-14-12/h3-6,8-10H,7H2,1-2H3. The monoisotopic (exact) mass is 273 g/mol. The van der Waals surface area contributed by atoms with Crippen molar-refractivity contribution < 1.29 is 0 Å². The first-order valence-corrected chi connectivity index (χ1v) is 7.08. The lowest BCUT2D eigenvalue weighted by Crippen LogP contribution is -2.31. The molecule has 1 atom stereocenters. The Kier molecular flexibility index (Phi) is 3.16. The number of thiophene rings is 1. The summed E-state index contributed by atoms with van der Waals surface area (Å²) in [4.78, 5) is 6.59. The lowest BCUT2D eigenvalue weighted by Gasteiger charge is -2.25. The summed E-state index contributed by atoms with van der Waals surface area (Å²) in [6.45, 7) is 2.19. The van der Waals surface area contributed by atoms with Crippen LogP contribution >= 0.6 is 11.3 Å². The molecule has 0 aliphatic rings. The summed E-state index contributed by atoms with van der Waals surface area (Å²) in [5.74, 6) is 0.864. The van der Waals surface area contributed by atoms with Crippen LogP contribution in [0.4, 0.5) is 5.82 Å². The van der Waals surface area contributed by atoms with Crippen molar-refractivity contribution in [1.29, 1.82) is 0 Å². The predicted octanol–water partition coefficient (Wildman–Crippen LogP) is 2.25. The molecular formula is C13H15N5S. The van der Waals surface area contributed by atoms with E-state index >= 15 is 0 Å². The molecule has 6 heteroatoms. The second kappa shape index (κ2) is 4.97. The summed E-state index contributed by atoms with van der Waals surface area (Å²) < 4.78 is 1.89. The van der Waals surface area contributed by atoms with Gasteiger partial charge >= 0.3 is 0 Å². The molecule has 3 rings (SSSR count). The first kappa shape index (κ1) is 12.1. The van der Waals surface area contributed by atoms with Crippen LogP contribution in [0.5, 0.6) is 0 Å². The molecule has 0 N–H and O–H groups in total. The molecule has 3 aromatic heterocycles. The van der Waals surface area contributed by atoms with Crippen LogP contribution < -0.4 is 4.90 Å². The highest BCUT2D eigenvalue weighted by Gasteiger charge is 2.16. The van der Waals surface area contributed by atoms with E-state index in [9.17, 15) is 0 Å². The molecule has 0 aliphatic carbocycles. The van der Waals surface area contributed by atoms with Gasteiger partial charge in [-0.15, -0.1) is 10.2 Å². The summed E-state index contributed by atoms with van der Waals surface area (Å²) in [6.07, 6.45) is 6.32. The van der Waals surface area contributed by atoms with E-state index in [2.05, 4.69) is 43.8 Å². The maximum atomic E-state index is 4.43. The molecule has 3 aromatic rings. The van der Waals surface area contributed by atoms with E-state index < -0.39 is 0 Å². The molecule has 0 aromatic carbocycles. The Labute approximate surface area is 115 Å². The molecule has 0 saturated carbocycles. The van der Waals surface area contributed by atoms with Gasteiger partial charge < -0.3 is 4.90 Å². The minimum atomic E-state index is 0.352. The van der Waals surface area contributed by atoms with Crippen molar-refractivity contribution >= 4 is 22.8 Å². The van der Waals surface area contributed by atoms with Crippen molar-refractivity contribution in [1.82, 2.24) is 19.6 Å². The average molecular weight is 273 g/mol. The smallest absolute Gasteiger partial charge is 0.203 e. The van der Waals surface area contributed by atoms with Crippen molar-refractivity contribution in [3.63, 3.8) is 0 Å². The first-order valence-electron chi connectivity index (χ1n) is 6.14. The normalized spacial score (nSPS) is 12.7. The number of fused-ring (bicyclic) bond motifs is 1. The quantitative estimate of drug-likeness (QED) is 0.731. The van der Waals surface area contributed by atoms with Crippen LogP contribution in [0.25, 0.3) is 5.65 Å². The van der Waals surface area contributed by atoms with Gasteiger partial charge in [0.15, 0.2) is 5.82 Å². The highest BCUT2D eigenvalue weighted by Crippen LogP contribution is 2.19. The van der Waals surface area contributed by atoms with Gasteiger partial charge in [-0.05, 0) is 35.7 Å². The number of hydrogen-bond acceptors (Lipinski definition) is 5. The fourth-order valence-corrected chi connectivity index (χ4v) is 2.77. The first-order chi connectivity index (χ1) is 9.25. The molecule has 0 spiro atoms. The lowest BCUT2D eigenvalue weighted by atomic mass is 10.1. The summed E-state index contributed by atoms with van der Waals surface area (Å²) in [7, 11) is 2.05. The molecular weight excluding hydrogens is 258 g/mol. The molecule has 0 aliphatic heterocycles. The van der Waals surface area contributed by atoms with Gasteiger partial charge in [0.05, 0.1) is 0 Å². The van der Waals surface area contributed by atoms with E-state index in [1.165, 1.54) is 5.56 Å². The van der Waals surface area contributed by atoms with E-state index in [1.54, 1.807) is 23.9 Å². The third-order valence-electron chi connectivity index (χ3n) is 3.30. The van der Waals surface area contributed by atoms with Crippen LogP contribution in [-0.2, 0) is 6.42 Å². The number of nitrogens with zero attached hydrogens (tertiary/aromatic N) is 5. The molecule has 1 unspecified atom stereocenters. The van der Waals surface area contributed by atoms with Gasteiger partial charge in [0.2, 0.25) is 5.65 Å². The Morgan fingerprint density at radius 1 is 1.47 bits per heavy atom. The Balaban J connectivity index is 1.86. The van der Waals surface area contributed by atoms with Gasteiger partial charge in [-0.1, -0.05) is 0 Å². The van der Waals surface area contributed by atoms with Crippen LogP contribution in [0.2, 0.25) is 0 Å². The van der Waals surface area contributed by atoms with Crippen LogP contribution in [0, 0.1) is 0 Å². The van der Waals surface area contributed by atoms with Crippen molar-refractivity contribution in [3.05, 3.63) is 41.1 Å². The topological polar surface area (TPSA) is 46.3 Å². The third-order valence-corrected chi connectivity index (χ3v) is 4.04. The summed E-state index contributed by atoms with van der Waals surface area (Å²) in [5.41, 5.74) is 2.15. The summed E-state index contributed by atoms with van der Waals surface area (Å²) >= 11 is 1.73. The molecule has 98 valence electrons. The number of aromatic nitrogens is 4. The molecule has 3 heterocycles. The van der Waals surface area contributed by atoms with E-state index in [0.717, 1.165) is 17.9 Å². The average Bonchev–Trinajstić information content (AvgIpc) is 3.07. The van der Waals surface area contributed by atoms with E-state index in [-0.39, 0.29) is 0 Å². The van der Waals surface area contributed by atoms with Crippen LogP contribution in [-0.4, -0.2) is 32.7 Å². The molecule has 0 bridgehead atoms. The van der Waals surface area contributed by atoms with E-state index in [1.807, 2.05) is 17.6 Å². The Bertz CT molecular complexity index is 661. The number of likely N-dealkylation sites (N-methyl/N-ethyl adjacent to an activating group) is 1. The van der Waals surface area contributed by atoms with Crippen LogP contribution in [0.3, 0.4) is 0 Å². The zero-order valence-electron chi connectivity index (χ0n) is 10.9. The molecule has 0 radical (unpaired) electrons. The van der Waals surface area contributed by atoms with Gasteiger partial charge in [-0.3, -0.25) is 4.40 Å². The van der Waals surface area contributed by atoms with Crippen molar-refractivity contribution in [3.8, 4) is 0 Å². The Morgan fingerprint density at radius 2 is 2.37 bits per heavy atom. The fourth-order valence-electron chi connectivity index (χ4n) is 2.09. The largest absolute Gasteiger partial charge is 0.353 e. The second-order valence-corrected chi connectivity index (χ2v) is 5.39. The molecule has 0 amide bonds. The number of rotatable bonds is 4. The van der Waals surface area contributed by atoms with Gasteiger partial charge in [-0.2, -0.15) is 11.3 Å². The second-order valence-electron chi connectivity index (χ2n) is 4.61. The zero-order valence-corrected chi connectivity index (χ0v) is 11.7. The molecule has 0 saturated heterocycles. The van der Waals surface area contributed by atoms with Gasteiger partial charge in [0, 0.05) is 25.5 Å². The fraction of sp³-hybridized carbons (Fsp3) is 0.308. The maximum absolute atomic E-state index is 4.43. The van der Waals surface area contributed by atoms with Crippen LogP contribution in [0.1, 0.15) is 12.5 Å². The number of anilines is 1. The van der Waals surface area contributed by atoms with Crippen molar-refractivity contribution in [2.75, 3.05) is 11.9 Å². The highest BCUT2D eigenvalue weighted by atomic mass is 32.1. The Hall–Kier alpha value is -1.95. The van der Waals surface area contributed by atoms with Gasteiger partial charge in [-0.25, -0.2) is 4.98 Å². The molecule has 5 nitrogen and oxygen atoms in total. The minimum Gasteiger partial charge on any atom is -0.353 e. The molecule has 0 fully saturated rings. The third kappa shape index (κ3) is 2.31. The summed E-state index contributed by atoms with van der Waals surface area (Å²) in [5, 5.41) is 12.4. The SMILES string of the molecule is CC(Cc1ccsc1)N(C)c1nccn2cnnc12. The highest BCUT2D eigenvalue weighted by molar-refractivity contribution is 7.07. The molecule has 19 heavy (non-hydrogen) atoms. The lowest BCUT2D eigenvalue weighted by molar-refractivity contribution is 0.675. The minimum absolute atomic E-state index is 0.352. The summed E-state index contributed by atoms with van der Waals surface area (Å²) in [6, 6.07) is 2.52. The van der Waals surface area contributed by atoms with Crippen LogP contribution in [0.15, 0.2) is 35.5 Å².